The minimum atomic E-state index is -3.33. The molecule has 0 saturated carbocycles. The minimum absolute atomic E-state index is 0. The van der Waals surface area contributed by atoms with E-state index in [0.717, 1.165) is 6.42 Å². The van der Waals surface area contributed by atoms with Gasteiger partial charge in [-0.1, -0.05) is 0 Å². The average Bonchev–Trinajstić information content (AvgIpc) is 3.14. The summed E-state index contributed by atoms with van der Waals surface area (Å²) in [6.07, 6.45) is 7.72. The molecule has 0 bridgehead atoms. The number of halogens is 3. The molecular weight excluding hydrogens is 411 g/mol. The summed E-state index contributed by atoms with van der Waals surface area (Å²) in [6.45, 7) is 0. The number of hydrogen-bond acceptors (Lipinski definition) is 0. The van der Waals surface area contributed by atoms with Crippen LogP contribution in [0, 0.1) is 0 Å². The summed E-state index contributed by atoms with van der Waals surface area (Å²) in [5, 5.41) is 2.39. The number of rotatable bonds is 2. The van der Waals surface area contributed by atoms with Crippen molar-refractivity contribution in [2.45, 2.75) is 15.9 Å². The van der Waals surface area contributed by atoms with E-state index in [-0.39, 0.29) is 24.8 Å². The van der Waals surface area contributed by atoms with Gasteiger partial charge in [0.25, 0.3) is 0 Å². The van der Waals surface area contributed by atoms with Gasteiger partial charge in [0, 0.05) is 0 Å². The van der Waals surface area contributed by atoms with Crippen LogP contribution in [0.25, 0.3) is 11.1 Å². The van der Waals surface area contributed by atoms with Crippen LogP contribution in [0.2, 0.25) is 5.23 Å². The first-order valence-electron chi connectivity index (χ1n) is 7.78. The summed E-state index contributed by atoms with van der Waals surface area (Å²) in [6, 6.07) is 17.6. The van der Waals surface area contributed by atoms with E-state index in [1.54, 1.807) is 0 Å². The van der Waals surface area contributed by atoms with Crippen LogP contribution in [0.3, 0.4) is 0 Å². The monoisotopic (exact) mass is 430 g/mol. The molecule has 0 aliphatic heterocycles. The quantitative estimate of drug-likeness (QED) is 0.521. The Labute approximate surface area is 162 Å². The molecule has 0 aromatic heterocycles. The van der Waals surface area contributed by atoms with Crippen LogP contribution < -0.4 is 0 Å². The van der Waals surface area contributed by atoms with E-state index in [1.165, 1.54) is 26.1 Å². The molecule has 2 aromatic carbocycles. The van der Waals surface area contributed by atoms with Crippen LogP contribution in [0.4, 0.5) is 0 Å². The number of benzene rings is 2. The van der Waals surface area contributed by atoms with Gasteiger partial charge in [-0.25, -0.2) is 0 Å². The maximum atomic E-state index is 7.56. The molecule has 5 heteroatoms. The van der Waals surface area contributed by atoms with Gasteiger partial charge in [-0.3, -0.25) is 0 Å². The van der Waals surface area contributed by atoms with Crippen molar-refractivity contribution in [1.82, 2.24) is 0 Å². The van der Waals surface area contributed by atoms with Crippen LogP contribution in [-0.4, -0.2) is 7.63 Å². The van der Waals surface area contributed by atoms with Crippen molar-refractivity contribution < 1.29 is 13.0 Å². The Hall–Kier alpha value is -0.279. The zero-order chi connectivity index (χ0) is 15.4. The molecule has 0 spiro atoms. The molecule has 0 amide bonds. The predicted molar refractivity (Wildman–Crippen MR) is 110 cm³/mol. The molecule has 4 rings (SSSR count). The summed E-state index contributed by atoms with van der Waals surface area (Å²) in [4.78, 5) is 0. The Bertz CT molecular complexity index is 863. The topological polar surface area (TPSA) is 0 Å². The van der Waals surface area contributed by atoms with Gasteiger partial charge in [0.15, 0.2) is 0 Å². The summed E-state index contributed by atoms with van der Waals surface area (Å²) < 4.78 is 1.86. The van der Waals surface area contributed by atoms with Crippen molar-refractivity contribution >= 4 is 41.8 Å². The molecule has 2 aromatic rings. The Balaban J connectivity index is 0.00000104. The third-order valence-electron chi connectivity index (χ3n) is 5.21. The Morgan fingerprint density at radius 3 is 1.92 bits per heavy atom. The van der Waals surface area contributed by atoms with Crippen molar-refractivity contribution in [3.05, 3.63) is 81.8 Å². The molecule has 24 heavy (non-hydrogen) atoms. The van der Waals surface area contributed by atoms with E-state index in [0.29, 0.717) is 4.22 Å². The van der Waals surface area contributed by atoms with Crippen LogP contribution in [0.15, 0.2) is 70.6 Å². The van der Waals surface area contributed by atoms with Crippen molar-refractivity contribution in [1.29, 1.82) is 0 Å². The maximum absolute atomic E-state index is 7.56. The molecular formula is C19H21Cl3SiTi. The average molecular weight is 432 g/mol. The van der Waals surface area contributed by atoms with Crippen molar-refractivity contribution in [2.75, 3.05) is 0 Å². The molecule has 0 heterocycles. The van der Waals surface area contributed by atoms with Crippen molar-refractivity contribution in [3.8, 4) is 11.1 Å². The standard InChI is InChI=1S/C13H9.C5H5.CH3.3ClH.H2Si.Ti/c1-3-7-12-10(5-1)9-11-6-2-4-8-13(11)12;1-2-4-5-3-1;;;;;;/h1-9H;1-3H,4H2;1H3;3*1H;1H2;/q;;;;;;;+1/p-1. The fourth-order valence-electron chi connectivity index (χ4n) is 4.09. The van der Waals surface area contributed by atoms with Gasteiger partial charge in [0.2, 0.25) is 0 Å². The molecule has 0 atom stereocenters. The van der Waals surface area contributed by atoms with E-state index in [2.05, 4.69) is 79.6 Å². The zero-order valence-corrected chi connectivity index (χ0v) is 18.9. The van der Waals surface area contributed by atoms with E-state index in [1.807, 2.05) is 0 Å². The Morgan fingerprint density at radius 2 is 1.46 bits per heavy atom. The molecule has 0 unspecified atom stereocenters. The molecule has 0 N–H and O–H groups in total. The van der Waals surface area contributed by atoms with E-state index in [4.69, 9.17) is 9.30 Å². The fraction of sp³-hybridized carbons (Fsp3) is 0.158. The zero-order valence-electron chi connectivity index (χ0n) is 13.5. The SMILES string of the molecule is Cl.Cl.[CH3][Ti](=[SiH2])([Cl])([C]1=CC=CC1)[CH]1c2ccccc2-c2ccccc21. The fourth-order valence-corrected chi connectivity index (χ4v) is 14.3. The van der Waals surface area contributed by atoms with Gasteiger partial charge in [0.05, 0.1) is 0 Å². The number of fused-ring (bicyclic) bond motifs is 3. The van der Waals surface area contributed by atoms with Crippen LogP contribution in [0.5, 0.6) is 0 Å². The predicted octanol–water partition coefficient (Wildman–Crippen LogP) is 5.88. The van der Waals surface area contributed by atoms with Crippen LogP contribution in [0.1, 0.15) is 21.8 Å². The normalized spacial score (nSPS) is 15.9. The summed E-state index contributed by atoms with van der Waals surface area (Å²) in [5.41, 5.74) is 5.61. The van der Waals surface area contributed by atoms with Gasteiger partial charge < -0.3 is 0 Å². The molecule has 0 fully saturated rings. The second-order valence-electron chi connectivity index (χ2n) is 6.88. The van der Waals surface area contributed by atoms with E-state index in [9.17, 15) is 0 Å². The van der Waals surface area contributed by atoms with Gasteiger partial charge >= 0.3 is 139 Å². The van der Waals surface area contributed by atoms with Gasteiger partial charge in [-0.05, 0) is 0 Å². The van der Waals surface area contributed by atoms with E-state index < -0.39 is 13.0 Å². The summed E-state index contributed by atoms with van der Waals surface area (Å²) in [5.74, 6) is 0. The van der Waals surface area contributed by atoms with Crippen LogP contribution in [-0.2, 0) is 13.0 Å². The van der Waals surface area contributed by atoms with Gasteiger partial charge in [-0.2, -0.15) is 0 Å². The van der Waals surface area contributed by atoms with Crippen molar-refractivity contribution in [3.63, 3.8) is 0 Å². The molecule has 0 nitrogen and oxygen atoms in total. The Morgan fingerprint density at radius 1 is 0.958 bits per heavy atom. The molecule has 2 aliphatic rings. The first-order valence-corrected chi connectivity index (χ1v) is 17.2. The van der Waals surface area contributed by atoms with Crippen LogP contribution >= 0.6 is 34.1 Å². The summed E-state index contributed by atoms with van der Waals surface area (Å²) in [7, 11) is 9.67. The first kappa shape index (κ1) is 20.0. The molecule has 0 radical (unpaired) electrons. The molecule has 2 aliphatic carbocycles. The molecule has 126 valence electrons. The first-order chi connectivity index (χ1) is 10.5. The van der Waals surface area contributed by atoms with Gasteiger partial charge in [-0.15, -0.1) is 24.8 Å². The Kier molecular flexibility index (Phi) is 5.67. The second-order valence-corrected chi connectivity index (χ2v) is 28.6. The van der Waals surface area contributed by atoms with Crippen molar-refractivity contribution in [2.24, 2.45) is 0 Å². The third-order valence-corrected chi connectivity index (χ3v) is 17.2. The van der Waals surface area contributed by atoms with Gasteiger partial charge in [0.1, 0.15) is 0 Å². The summed E-state index contributed by atoms with van der Waals surface area (Å²) >= 11 is -3.33. The third kappa shape index (κ3) is 2.90. The second kappa shape index (κ2) is 6.79. The number of allylic oxidation sites excluding steroid dienone is 4. The number of hydrogen-bond donors (Lipinski definition) is 0. The molecule has 0 saturated heterocycles. The van der Waals surface area contributed by atoms with E-state index >= 15 is 0 Å².